The van der Waals surface area contributed by atoms with Crippen LogP contribution in [-0.4, -0.2) is 20.5 Å². The summed E-state index contributed by atoms with van der Waals surface area (Å²) in [4.78, 5) is 4.07. The fourth-order valence-corrected chi connectivity index (χ4v) is 2.82. The van der Waals surface area contributed by atoms with Crippen LogP contribution in [0.4, 0.5) is 0 Å². The zero-order chi connectivity index (χ0) is 8.10. The van der Waals surface area contributed by atoms with Gasteiger partial charge in [0.15, 0.2) is 4.34 Å². The topological polar surface area (TPSA) is 25.8 Å². The highest BCUT2D eigenvalue weighted by atomic mass is 35.5. The molecule has 11 heavy (non-hydrogen) atoms. The van der Waals surface area contributed by atoms with Gasteiger partial charge in [-0.25, -0.2) is 4.98 Å². The first kappa shape index (κ1) is 9.29. The molecule has 1 atom stereocenters. The molecule has 5 heteroatoms. The summed E-state index contributed by atoms with van der Waals surface area (Å²) in [6.45, 7) is 2.15. The lowest BCUT2D eigenvalue weighted by molar-refractivity contribution is 0.911. The maximum absolute atomic E-state index is 5.59. The number of nitrogens with zero attached hydrogens (tertiary/aromatic N) is 2. The van der Waals surface area contributed by atoms with Crippen molar-refractivity contribution in [2.24, 2.45) is 0 Å². The quantitative estimate of drug-likeness (QED) is 0.562. The van der Waals surface area contributed by atoms with Gasteiger partial charge in [-0.05, 0) is 18.0 Å². The zero-order valence-corrected chi connectivity index (χ0v) is 8.55. The van der Waals surface area contributed by atoms with Gasteiger partial charge in [0.25, 0.3) is 0 Å². The Bertz CT molecular complexity index is 190. The Kier molecular flexibility index (Phi) is 4.18. The fourth-order valence-electron chi connectivity index (χ4n) is 0.600. The van der Waals surface area contributed by atoms with Crippen LogP contribution in [0.5, 0.6) is 0 Å². The summed E-state index contributed by atoms with van der Waals surface area (Å²) in [6, 6.07) is 0. The van der Waals surface area contributed by atoms with Crippen molar-refractivity contribution in [1.82, 2.24) is 9.36 Å². The number of alkyl halides is 1. The minimum atomic E-state index is 0.542. The van der Waals surface area contributed by atoms with E-state index in [4.69, 9.17) is 11.6 Å². The van der Waals surface area contributed by atoms with Gasteiger partial charge in [0.1, 0.15) is 6.33 Å². The highest BCUT2D eigenvalue weighted by Crippen LogP contribution is 2.25. The minimum absolute atomic E-state index is 0.542. The van der Waals surface area contributed by atoms with Crippen LogP contribution in [0.3, 0.4) is 0 Å². The first-order chi connectivity index (χ1) is 5.33. The second kappa shape index (κ2) is 4.95. The van der Waals surface area contributed by atoms with Crippen molar-refractivity contribution in [2.75, 3.05) is 5.88 Å². The van der Waals surface area contributed by atoms with E-state index in [0.717, 1.165) is 10.8 Å². The Hall–Kier alpha value is 0.200. The molecule has 0 saturated heterocycles. The summed E-state index contributed by atoms with van der Waals surface area (Å²) in [5.41, 5.74) is 0. The second-order valence-electron chi connectivity index (χ2n) is 2.11. The number of thioether (sulfide) groups is 1. The van der Waals surface area contributed by atoms with E-state index in [1.54, 1.807) is 18.1 Å². The first-order valence-corrected chi connectivity index (χ1v) is 5.51. The molecule has 1 aromatic rings. The highest BCUT2D eigenvalue weighted by Gasteiger charge is 2.05. The van der Waals surface area contributed by atoms with Gasteiger partial charge >= 0.3 is 0 Å². The van der Waals surface area contributed by atoms with Gasteiger partial charge in [-0.3, -0.25) is 0 Å². The lowest BCUT2D eigenvalue weighted by Crippen LogP contribution is -1.95. The van der Waals surface area contributed by atoms with Crippen LogP contribution in [-0.2, 0) is 0 Å². The monoisotopic (exact) mass is 208 g/mol. The van der Waals surface area contributed by atoms with Crippen LogP contribution in [0.1, 0.15) is 13.3 Å². The molecule has 0 aliphatic heterocycles. The van der Waals surface area contributed by atoms with Crippen molar-refractivity contribution < 1.29 is 0 Å². The molecule has 0 saturated carbocycles. The largest absolute Gasteiger partial charge is 0.216 e. The van der Waals surface area contributed by atoms with Crippen LogP contribution in [0, 0.1) is 0 Å². The molecule has 0 N–H and O–H groups in total. The summed E-state index contributed by atoms with van der Waals surface area (Å²) in [6.07, 6.45) is 2.60. The molecule has 0 radical (unpaired) electrons. The third-order valence-corrected chi connectivity index (χ3v) is 3.30. The summed E-state index contributed by atoms with van der Waals surface area (Å²) < 4.78 is 4.94. The summed E-state index contributed by atoms with van der Waals surface area (Å²) in [5.74, 6) is 0.715. The predicted molar refractivity (Wildman–Crippen MR) is 50.6 cm³/mol. The Balaban J connectivity index is 2.31. The summed E-state index contributed by atoms with van der Waals surface area (Å²) in [5, 5.41) is 0.542. The lowest BCUT2D eigenvalue weighted by atomic mass is 10.4. The predicted octanol–water partition coefficient (Wildman–Crippen LogP) is 2.65. The van der Waals surface area contributed by atoms with Gasteiger partial charge in [0.2, 0.25) is 0 Å². The number of rotatable bonds is 4. The molecule has 1 unspecified atom stereocenters. The van der Waals surface area contributed by atoms with E-state index in [-0.39, 0.29) is 0 Å². The molecule has 1 aromatic heterocycles. The maximum atomic E-state index is 5.59. The van der Waals surface area contributed by atoms with E-state index in [2.05, 4.69) is 16.3 Å². The Morgan fingerprint density at radius 3 is 3.18 bits per heavy atom. The molecule has 62 valence electrons. The van der Waals surface area contributed by atoms with Gasteiger partial charge < -0.3 is 0 Å². The van der Waals surface area contributed by atoms with Crippen LogP contribution in [0.2, 0.25) is 0 Å². The molecular formula is C6H9ClN2S2. The van der Waals surface area contributed by atoms with E-state index in [0.29, 0.717) is 11.1 Å². The Morgan fingerprint density at radius 2 is 2.64 bits per heavy atom. The van der Waals surface area contributed by atoms with E-state index in [9.17, 15) is 0 Å². The van der Waals surface area contributed by atoms with E-state index < -0.39 is 0 Å². The highest BCUT2D eigenvalue weighted by molar-refractivity contribution is 8.01. The molecule has 0 aliphatic rings. The number of hydrogen-bond acceptors (Lipinski definition) is 4. The van der Waals surface area contributed by atoms with Crippen molar-refractivity contribution in [3.05, 3.63) is 6.33 Å². The molecule has 0 spiro atoms. The fraction of sp³-hybridized carbons (Fsp3) is 0.667. The van der Waals surface area contributed by atoms with Crippen LogP contribution in [0.15, 0.2) is 10.7 Å². The normalized spacial score (nSPS) is 13.3. The third kappa shape index (κ3) is 3.40. The average Bonchev–Trinajstić information content (AvgIpc) is 2.40. The molecular weight excluding hydrogens is 200 g/mol. The van der Waals surface area contributed by atoms with Crippen LogP contribution >= 0.6 is 34.9 Å². The van der Waals surface area contributed by atoms with Crippen LogP contribution in [0.25, 0.3) is 0 Å². The van der Waals surface area contributed by atoms with Gasteiger partial charge in [0, 0.05) is 11.1 Å². The number of hydrogen-bond donors (Lipinski definition) is 0. The number of aromatic nitrogens is 2. The maximum Gasteiger partial charge on any atom is 0.170 e. The van der Waals surface area contributed by atoms with Gasteiger partial charge in [-0.2, -0.15) is 4.37 Å². The van der Waals surface area contributed by atoms with E-state index in [1.165, 1.54) is 11.5 Å². The molecule has 1 rings (SSSR count). The van der Waals surface area contributed by atoms with Crippen molar-refractivity contribution in [2.45, 2.75) is 22.9 Å². The van der Waals surface area contributed by atoms with Crippen molar-refractivity contribution in [1.29, 1.82) is 0 Å². The van der Waals surface area contributed by atoms with Gasteiger partial charge in [-0.1, -0.05) is 18.7 Å². The average molecular weight is 209 g/mol. The molecule has 0 aliphatic carbocycles. The molecule has 0 bridgehead atoms. The summed E-state index contributed by atoms with van der Waals surface area (Å²) >= 11 is 8.76. The first-order valence-electron chi connectivity index (χ1n) is 3.32. The summed E-state index contributed by atoms with van der Waals surface area (Å²) in [7, 11) is 0. The van der Waals surface area contributed by atoms with Gasteiger partial charge in [0.05, 0.1) is 0 Å². The van der Waals surface area contributed by atoms with Crippen LogP contribution < -0.4 is 0 Å². The molecule has 0 aromatic carbocycles. The SMILES string of the molecule is CC(CCCl)Sc1ncns1. The molecule has 0 amide bonds. The number of halogens is 1. The molecule has 1 heterocycles. The Labute approximate surface area is 79.5 Å². The van der Waals surface area contributed by atoms with Crippen molar-refractivity contribution in [3.63, 3.8) is 0 Å². The zero-order valence-electron chi connectivity index (χ0n) is 6.16. The Morgan fingerprint density at radius 1 is 1.82 bits per heavy atom. The van der Waals surface area contributed by atoms with E-state index >= 15 is 0 Å². The van der Waals surface area contributed by atoms with Gasteiger partial charge in [-0.15, -0.1) is 11.6 Å². The molecule has 2 nitrogen and oxygen atoms in total. The van der Waals surface area contributed by atoms with E-state index in [1.807, 2.05) is 0 Å². The smallest absolute Gasteiger partial charge is 0.170 e. The second-order valence-corrected chi connectivity index (χ2v) is 4.96. The standard InChI is InChI=1S/C6H9ClN2S2/c1-5(2-3-7)10-6-8-4-9-11-6/h4-5H,2-3H2,1H3. The van der Waals surface area contributed by atoms with Crippen molar-refractivity contribution >= 4 is 34.9 Å². The lowest BCUT2D eigenvalue weighted by Gasteiger charge is -2.04. The minimum Gasteiger partial charge on any atom is -0.216 e. The molecule has 0 fully saturated rings. The van der Waals surface area contributed by atoms with Crippen molar-refractivity contribution in [3.8, 4) is 0 Å². The third-order valence-electron chi connectivity index (χ3n) is 1.16.